The molecule has 0 heterocycles. The van der Waals surface area contributed by atoms with Gasteiger partial charge in [-0.3, -0.25) is 0 Å². The molecule has 3 heteroatoms. The Balaban J connectivity index is 2.22. The van der Waals surface area contributed by atoms with E-state index < -0.39 is 6.10 Å². The number of hydrogen-bond acceptors (Lipinski definition) is 2. The van der Waals surface area contributed by atoms with Crippen LogP contribution in [0.15, 0.2) is 53.0 Å². The molecule has 106 valence electrons. The molecule has 0 radical (unpaired) electrons. The zero-order chi connectivity index (χ0) is 14.5. The normalized spacial score (nSPS) is 12.2. The second kappa shape index (κ2) is 6.91. The van der Waals surface area contributed by atoms with Crippen molar-refractivity contribution in [1.29, 1.82) is 0 Å². The second-order valence-corrected chi connectivity index (χ2v) is 5.74. The Morgan fingerprint density at radius 1 is 1.15 bits per heavy atom. The monoisotopic (exact) mass is 333 g/mol. The number of hydrogen-bond donors (Lipinski definition) is 1. The van der Waals surface area contributed by atoms with Crippen molar-refractivity contribution in [2.24, 2.45) is 0 Å². The minimum absolute atomic E-state index is 0.456. The molecule has 2 rings (SSSR count). The molecular weight excluding hydrogens is 314 g/mol. The molecule has 0 amide bonds. The van der Waals surface area contributed by atoms with Gasteiger partial charge in [0.2, 0.25) is 0 Å². The Morgan fingerprint density at radius 2 is 1.85 bits per heavy atom. The van der Waals surface area contributed by atoms with Gasteiger partial charge in [0.15, 0.2) is 0 Å². The summed E-state index contributed by atoms with van der Waals surface area (Å²) in [5.41, 5.74) is 3.38. The summed E-state index contributed by atoms with van der Waals surface area (Å²) in [4.78, 5) is 2.31. The number of aliphatic hydroxyl groups excluding tert-OH is 1. The first-order valence-corrected chi connectivity index (χ1v) is 7.67. The molecule has 0 aliphatic rings. The predicted octanol–water partition coefficient (Wildman–Crippen LogP) is 4.53. The van der Waals surface area contributed by atoms with Crippen LogP contribution in [0.1, 0.15) is 31.1 Å². The van der Waals surface area contributed by atoms with Crippen LogP contribution in [0.5, 0.6) is 0 Å². The lowest BCUT2D eigenvalue weighted by Crippen LogP contribution is -2.22. The van der Waals surface area contributed by atoms with E-state index in [1.54, 1.807) is 6.92 Å². The Labute approximate surface area is 129 Å². The van der Waals surface area contributed by atoms with Crippen LogP contribution in [0.3, 0.4) is 0 Å². The molecule has 1 atom stereocenters. The van der Waals surface area contributed by atoms with Crippen LogP contribution in [0.4, 0.5) is 5.69 Å². The van der Waals surface area contributed by atoms with Gasteiger partial charge in [0.1, 0.15) is 0 Å². The zero-order valence-corrected chi connectivity index (χ0v) is 13.5. The summed E-state index contributed by atoms with van der Waals surface area (Å²) in [5, 5.41) is 9.68. The summed E-state index contributed by atoms with van der Waals surface area (Å²) in [5.74, 6) is 0. The third-order valence-electron chi connectivity index (χ3n) is 3.40. The first-order chi connectivity index (χ1) is 9.61. The van der Waals surface area contributed by atoms with E-state index in [1.165, 1.54) is 5.56 Å². The van der Waals surface area contributed by atoms with Gasteiger partial charge in [-0.15, -0.1) is 0 Å². The first-order valence-electron chi connectivity index (χ1n) is 6.88. The van der Waals surface area contributed by atoms with Crippen molar-refractivity contribution in [2.45, 2.75) is 26.5 Å². The fourth-order valence-corrected chi connectivity index (χ4v) is 2.94. The Bertz CT molecular complexity index is 554. The number of aliphatic hydroxyl groups is 1. The van der Waals surface area contributed by atoms with Crippen LogP contribution in [0, 0.1) is 0 Å². The summed E-state index contributed by atoms with van der Waals surface area (Å²) in [6, 6.07) is 16.6. The summed E-state index contributed by atoms with van der Waals surface area (Å²) >= 11 is 3.54. The molecule has 0 aromatic heterocycles. The SMILES string of the molecule is CCN(Cc1ccccc1)c1ccc(C(C)O)c(Br)c1. The maximum atomic E-state index is 9.68. The lowest BCUT2D eigenvalue weighted by atomic mass is 10.1. The van der Waals surface area contributed by atoms with Crippen LogP contribution in [-0.4, -0.2) is 11.7 Å². The molecule has 0 fully saturated rings. The van der Waals surface area contributed by atoms with Crippen molar-refractivity contribution >= 4 is 21.6 Å². The van der Waals surface area contributed by atoms with Gasteiger partial charge in [-0.2, -0.15) is 0 Å². The van der Waals surface area contributed by atoms with Gasteiger partial charge in [-0.1, -0.05) is 52.3 Å². The van der Waals surface area contributed by atoms with Crippen LogP contribution in [0.2, 0.25) is 0 Å². The lowest BCUT2D eigenvalue weighted by Gasteiger charge is -2.24. The van der Waals surface area contributed by atoms with E-state index in [0.717, 1.165) is 28.8 Å². The standard InChI is InChI=1S/C17H20BrNO/c1-3-19(12-14-7-5-4-6-8-14)15-9-10-16(13(2)20)17(18)11-15/h4-11,13,20H,3,12H2,1-2H3. The summed E-state index contributed by atoms with van der Waals surface area (Å²) in [6.07, 6.45) is -0.456. The van der Waals surface area contributed by atoms with Gasteiger partial charge in [0.05, 0.1) is 6.10 Å². The largest absolute Gasteiger partial charge is 0.389 e. The van der Waals surface area contributed by atoms with E-state index in [-0.39, 0.29) is 0 Å². The summed E-state index contributed by atoms with van der Waals surface area (Å²) in [6.45, 7) is 5.76. The van der Waals surface area contributed by atoms with Gasteiger partial charge in [-0.25, -0.2) is 0 Å². The van der Waals surface area contributed by atoms with E-state index in [2.05, 4.69) is 64.2 Å². The third kappa shape index (κ3) is 3.62. The van der Waals surface area contributed by atoms with E-state index in [9.17, 15) is 5.11 Å². The van der Waals surface area contributed by atoms with Crippen molar-refractivity contribution in [3.05, 3.63) is 64.1 Å². The summed E-state index contributed by atoms with van der Waals surface area (Å²) in [7, 11) is 0. The van der Waals surface area contributed by atoms with Crippen LogP contribution in [0.25, 0.3) is 0 Å². The summed E-state index contributed by atoms with van der Waals surface area (Å²) < 4.78 is 0.955. The van der Waals surface area contributed by atoms with Crippen LogP contribution in [-0.2, 0) is 6.54 Å². The molecule has 2 aromatic rings. The highest BCUT2D eigenvalue weighted by Crippen LogP contribution is 2.28. The quantitative estimate of drug-likeness (QED) is 0.868. The maximum Gasteiger partial charge on any atom is 0.0772 e. The van der Waals surface area contributed by atoms with Gasteiger partial charge in [-0.05, 0) is 37.1 Å². The number of nitrogens with zero attached hydrogens (tertiary/aromatic N) is 1. The molecular formula is C17H20BrNO. The van der Waals surface area contributed by atoms with Gasteiger partial charge in [0.25, 0.3) is 0 Å². The second-order valence-electron chi connectivity index (χ2n) is 4.88. The molecule has 1 unspecified atom stereocenters. The Morgan fingerprint density at radius 3 is 2.40 bits per heavy atom. The third-order valence-corrected chi connectivity index (χ3v) is 4.08. The maximum absolute atomic E-state index is 9.68. The van der Waals surface area contributed by atoms with Crippen molar-refractivity contribution in [3.8, 4) is 0 Å². The smallest absolute Gasteiger partial charge is 0.0772 e. The Kier molecular flexibility index (Phi) is 5.21. The number of anilines is 1. The highest BCUT2D eigenvalue weighted by atomic mass is 79.9. The molecule has 2 nitrogen and oxygen atoms in total. The fourth-order valence-electron chi connectivity index (χ4n) is 2.24. The highest BCUT2D eigenvalue weighted by molar-refractivity contribution is 9.10. The number of rotatable bonds is 5. The topological polar surface area (TPSA) is 23.5 Å². The molecule has 0 saturated heterocycles. The van der Waals surface area contributed by atoms with Crippen molar-refractivity contribution in [1.82, 2.24) is 0 Å². The van der Waals surface area contributed by atoms with Crippen LogP contribution >= 0.6 is 15.9 Å². The van der Waals surface area contributed by atoms with Gasteiger partial charge >= 0.3 is 0 Å². The van der Waals surface area contributed by atoms with E-state index in [1.807, 2.05) is 12.1 Å². The minimum Gasteiger partial charge on any atom is -0.389 e. The highest BCUT2D eigenvalue weighted by Gasteiger charge is 2.10. The molecule has 2 aromatic carbocycles. The molecule has 1 N–H and O–H groups in total. The van der Waals surface area contributed by atoms with Gasteiger partial charge in [0, 0.05) is 23.2 Å². The average Bonchev–Trinajstić information content (AvgIpc) is 2.45. The molecule has 0 bridgehead atoms. The molecule has 20 heavy (non-hydrogen) atoms. The van der Waals surface area contributed by atoms with E-state index in [4.69, 9.17) is 0 Å². The molecule has 0 spiro atoms. The van der Waals surface area contributed by atoms with E-state index in [0.29, 0.717) is 0 Å². The van der Waals surface area contributed by atoms with Crippen molar-refractivity contribution in [2.75, 3.05) is 11.4 Å². The van der Waals surface area contributed by atoms with Gasteiger partial charge < -0.3 is 10.0 Å². The van der Waals surface area contributed by atoms with Crippen LogP contribution < -0.4 is 4.90 Å². The predicted molar refractivity (Wildman–Crippen MR) is 87.9 cm³/mol. The molecule has 0 saturated carbocycles. The first kappa shape index (κ1) is 15.1. The molecule has 0 aliphatic heterocycles. The lowest BCUT2D eigenvalue weighted by molar-refractivity contribution is 0.198. The number of halogens is 1. The average molecular weight is 334 g/mol. The zero-order valence-electron chi connectivity index (χ0n) is 11.9. The number of benzene rings is 2. The molecule has 0 aliphatic carbocycles. The van der Waals surface area contributed by atoms with Crippen molar-refractivity contribution < 1.29 is 5.11 Å². The van der Waals surface area contributed by atoms with E-state index >= 15 is 0 Å². The Hall–Kier alpha value is -1.32. The minimum atomic E-state index is -0.456. The van der Waals surface area contributed by atoms with Crippen molar-refractivity contribution in [3.63, 3.8) is 0 Å². The fraction of sp³-hybridized carbons (Fsp3) is 0.294.